The van der Waals surface area contributed by atoms with Gasteiger partial charge in [0.25, 0.3) is 0 Å². The fraction of sp³-hybridized carbons (Fsp3) is 0.417. The zero-order valence-electron chi connectivity index (χ0n) is 19.8. The number of morpholine rings is 1. The van der Waals surface area contributed by atoms with Crippen LogP contribution >= 0.6 is 0 Å². The van der Waals surface area contributed by atoms with Crippen molar-refractivity contribution >= 4 is 5.82 Å². The monoisotopic (exact) mass is 480 g/mol. The second kappa shape index (κ2) is 10.9. The van der Waals surface area contributed by atoms with Crippen molar-refractivity contribution in [3.63, 3.8) is 0 Å². The fourth-order valence-corrected chi connectivity index (χ4v) is 4.30. The Morgan fingerprint density at radius 2 is 2.03 bits per heavy atom. The van der Waals surface area contributed by atoms with Crippen LogP contribution in [0.15, 0.2) is 65.1 Å². The predicted octanol–water partition coefficient (Wildman–Crippen LogP) is 1.36. The van der Waals surface area contributed by atoms with Crippen molar-refractivity contribution in [2.24, 2.45) is 5.73 Å². The third kappa shape index (κ3) is 5.49. The number of nitrogens with one attached hydrogen (secondary N) is 2. The molecule has 2 atom stereocenters. The molecule has 0 aliphatic carbocycles. The standard InChI is InChI=1S/C24H32N8O3/c1-30-21(25)16-23(34-14-11-31-9-12-33-13-10-31)32(22-7-8-27-28-22)24(30)26-17-19-15-20(29-35-19)18-5-3-2-4-6-18/h2-8,15-16,23-24,26H,9-14,17,25H2,1H3,(H,27,28). The van der Waals surface area contributed by atoms with Gasteiger partial charge in [-0.25, -0.2) is 0 Å². The topological polar surface area (TPSA) is 121 Å². The highest BCUT2D eigenvalue weighted by Crippen LogP contribution is 2.26. The number of nitrogens with two attached hydrogens (primary N) is 1. The highest BCUT2D eigenvalue weighted by atomic mass is 16.5. The zero-order valence-corrected chi connectivity index (χ0v) is 19.8. The van der Waals surface area contributed by atoms with Crippen molar-refractivity contribution in [2.45, 2.75) is 19.1 Å². The van der Waals surface area contributed by atoms with Gasteiger partial charge in [0.15, 0.2) is 18.3 Å². The van der Waals surface area contributed by atoms with Gasteiger partial charge in [-0.15, -0.1) is 0 Å². The predicted molar refractivity (Wildman–Crippen MR) is 131 cm³/mol. The molecule has 5 rings (SSSR count). The van der Waals surface area contributed by atoms with Gasteiger partial charge in [-0.2, -0.15) is 5.10 Å². The van der Waals surface area contributed by atoms with Crippen molar-refractivity contribution in [2.75, 3.05) is 51.4 Å². The number of benzene rings is 1. The van der Waals surface area contributed by atoms with Gasteiger partial charge < -0.3 is 24.6 Å². The Morgan fingerprint density at radius 1 is 1.20 bits per heavy atom. The first-order chi connectivity index (χ1) is 17.2. The van der Waals surface area contributed by atoms with E-state index in [9.17, 15) is 0 Å². The number of hydrogen-bond donors (Lipinski definition) is 3. The average molecular weight is 481 g/mol. The summed E-state index contributed by atoms with van der Waals surface area (Å²) >= 11 is 0. The largest absolute Gasteiger partial charge is 0.385 e. The maximum atomic E-state index is 6.39. The van der Waals surface area contributed by atoms with Gasteiger partial charge >= 0.3 is 0 Å². The molecule has 1 saturated heterocycles. The van der Waals surface area contributed by atoms with Crippen molar-refractivity contribution in [3.05, 3.63) is 66.3 Å². The summed E-state index contributed by atoms with van der Waals surface area (Å²) in [4.78, 5) is 6.38. The summed E-state index contributed by atoms with van der Waals surface area (Å²) in [6.45, 7) is 5.22. The Bertz CT molecular complexity index is 1080. The van der Waals surface area contributed by atoms with Gasteiger partial charge in [-0.1, -0.05) is 35.5 Å². The lowest BCUT2D eigenvalue weighted by Crippen LogP contribution is -2.62. The summed E-state index contributed by atoms with van der Waals surface area (Å²) in [5, 5.41) is 15.0. The van der Waals surface area contributed by atoms with Crippen molar-refractivity contribution < 1.29 is 14.0 Å². The fourth-order valence-electron chi connectivity index (χ4n) is 4.30. The summed E-state index contributed by atoms with van der Waals surface area (Å²) < 4.78 is 17.4. The molecule has 2 aliphatic heterocycles. The minimum absolute atomic E-state index is 0.306. The Morgan fingerprint density at radius 3 is 2.80 bits per heavy atom. The summed E-state index contributed by atoms with van der Waals surface area (Å²) in [6, 6.07) is 13.8. The van der Waals surface area contributed by atoms with Crippen LogP contribution < -0.4 is 16.0 Å². The maximum Gasteiger partial charge on any atom is 0.162 e. The second-order valence-electron chi connectivity index (χ2n) is 8.57. The number of rotatable bonds is 9. The molecule has 1 aromatic carbocycles. The lowest BCUT2D eigenvalue weighted by molar-refractivity contribution is 0.00104. The van der Waals surface area contributed by atoms with Crippen LogP contribution in [0.3, 0.4) is 0 Å². The van der Waals surface area contributed by atoms with E-state index < -0.39 is 0 Å². The van der Waals surface area contributed by atoms with Gasteiger partial charge in [0.2, 0.25) is 0 Å². The molecule has 2 unspecified atom stereocenters. The van der Waals surface area contributed by atoms with E-state index >= 15 is 0 Å². The number of aromatic amines is 1. The molecule has 4 heterocycles. The van der Waals surface area contributed by atoms with Crippen LogP contribution in [0.5, 0.6) is 0 Å². The molecule has 11 heteroatoms. The van der Waals surface area contributed by atoms with Crippen LogP contribution in [0.2, 0.25) is 0 Å². The highest BCUT2D eigenvalue weighted by molar-refractivity contribution is 5.58. The molecule has 2 aromatic heterocycles. The van der Waals surface area contributed by atoms with Gasteiger partial charge in [0.05, 0.1) is 32.6 Å². The molecule has 0 saturated carbocycles. The van der Waals surface area contributed by atoms with E-state index in [2.05, 4.69) is 30.5 Å². The van der Waals surface area contributed by atoms with Gasteiger partial charge in [0.1, 0.15) is 17.3 Å². The first-order valence-corrected chi connectivity index (χ1v) is 11.8. The van der Waals surface area contributed by atoms with E-state index in [1.165, 1.54) is 0 Å². The molecule has 35 heavy (non-hydrogen) atoms. The molecule has 2 aliphatic rings. The molecule has 4 N–H and O–H groups in total. The lowest BCUT2D eigenvalue weighted by Gasteiger charge is -2.46. The quantitative estimate of drug-likeness (QED) is 0.414. The van der Waals surface area contributed by atoms with Gasteiger partial charge in [-0.05, 0) is 0 Å². The third-order valence-corrected chi connectivity index (χ3v) is 6.28. The number of nitrogens with zero attached hydrogens (tertiary/aromatic N) is 5. The minimum atomic E-state index is -0.375. The smallest absolute Gasteiger partial charge is 0.162 e. The molecule has 0 amide bonds. The molecule has 11 nitrogen and oxygen atoms in total. The maximum absolute atomic E-state index is 6.39. The van der Waals surface area contributed by atoms with E-state index in [0.29, 0.717) is 19.0 Å². The van der Waals surface area contributed by atoms with Gasteiger partial charge in [-0.3, -0.25) is 20.2 Å². The van der Waals surface area contributed by atoms with E-state index in [0.717, 1.165) is 55.7 Å². The minimum Gasteiger partial charge on any atom is -0.385 e. The number of aromatic nitrogens is 3. The molecular formula is C24H32N8O3. The summed E-state index contributed by atoms with van der Waals surface area (Å²) in [7, 11) is 1.94. The van der Waals surface area contributed by atoms with Crippen molar-refractivity contribution in [1.29, 1.82) is 0 Å². The number of ether oxygens (including phenoxy) is 2. The number of H-pyrrole nitrogens is 1. The Labute approximate surface area is 204 Å². The zero-order chi connectivity index (χ0) is 24.0. The van der Waals surface area contributed by atoms with E-state index in [1.54, 1.807) is 6.20 Å². The third-order valence-electron chi connectivity index (χ3n) is 6.28. The average Bonchev–Trinajstić information content (AvgIpc) is 3.59. The lowest BCUT2D eigenvalue weighted by atomic mass is 10.1. The number of anilines is 1. The molecule has 0 bridgehead atoms. The summed E-state index contributed by atoms with van der Waals surface area (Å²) in [6.07, 6.45) is 2.96. The Hall–Kier alpha value is -3.38. The van der Waals surface area contributed by atoms with Crippen LogP contribution in [0, 0.1) is 0 Å². The van der Waals surface area contributed by atoms with Crippen LogP contribution in [-0.2, 0) is 16.0 Å². The Balaban J connectivity index is 1.29. The summed E-state index contributed by atoms with van der Waals surface area (Å²) in [5.41, 5.74) is 8.20. The molecule has 3 aromatic rings. The molecular weight excluding hydrogens is 448 g/mol. The van der Waals surface area contributed by atoms with E-state index in [1.807, 2.05) is 60.5 Å². The van der Waals surface area contributed by atoms with Crippen LogP contribution in [0.4, 0.5) is 5.82 Å². The Kier molecular flexibility index (Phi) is 7.28. The van der Waals surface area contributed by atoms with E-state index in [4.69, 9.17) is 19.7 Å². The summed E-state index contributed by atoms with van der Waals surface area (Å²) in [5.74, 6) is 2.16. The normalized spacial score (nSPS) is 21.3. The molecule has 1 fully saturated rings. The van der Waals surface area contributed by atoms with Crippen LogP contribution in [0.1, 0.15) is 5.76 Å². The molecule has 0 radical (unpaired) electrons. The second-order valence-corrected chi connectivity index (χ2v) is 8.57. The first kappa shape index (κ1) is 23.4. The first-order valence-electron chi connectivity index (χ1n) is 11.8. The van der Waals surface area contributed by atoms with Crippen molar-refractivity contribution in [3.8, 4) is 11.3 Å². The van der Waals surface area contributed by atoms with Crippen LogP contribution in [0.25, 0.3) is 11.3 Å². The molecule has 0 spiro atoms. The molecule has 186 valence electrons. The van der Waals surface area contributed by atoms with Crippen LogP contribution in [-0.4, -0.2) is 84.2 Å². The SMILES string of the molecule is CN1C(N)=CC(OCCN2CCOCC2)N(c2ccn[nH]2)C1NCc1cc(-c2ccccc2)no1. The number of hydrogen-bond acceptors (Lipinski definition) is 10. The van der Waals surface area contributed by atoms with Gasteiger partial charge in [0, 0.05) is 50.5 Å². The van der Waals surface area contributed by atoms with Crippen molar-refractivity contribution in [1.82, 2.24) is 30.5 Å². The van der Waals surface area contributed by atoms with E-state index in [-0.39, 0.29) is 12.5 Å². The highest BCUT2D eigenvalue weighted by Gasteiger charge is 2.35.